The Balaban J connectivity index is 1.61. The topological polar surface area (TPSA) is 89.5 Å². The quantitative estimate of drug-likeness (QED) is 0.317. The number of carbonyl (C=O) groups is 1. The molecule has 1 aromatic heterocycles. The molecule has 0 atom stereocenters. The summed E-state index contributed by atoms with van der Waals surface area (Å²) in [5.74, 6) is -3.80. The summed E-state index contributed by atoms with van der Waals surface area (Å²) < 4.78 is 59.9. The number of nitrogens with zero attached hydrogens (tertiary/aromatic N) is 3. The van der Waals surface area contributed by atoms with Gasteiger partial charge in [0.25, 0.3) is 15.9 Å². The van der Waals surface area contributed by atoms with Crippen molar-refractivity contribution in [2.45, 2.75) is 11.3 Å². The average Bonchev–Trinajstić information content (AvgIpc) is 2.88. The van der Waals surface area contributed by atoms with Crippen molar-refractivity contribution in [3.05, 3.63) is 113 Å². The Morgan fingerprint density at radius 3 is 2.25 bits per heavy atom. The first-order valence-corrected chi connectivity index (χ1v) is 12.4. The number of aromatic nitrogens is 2. The van der Waals surface area contributed by atoms with Gasteiger partial charge in [0.05, 0.1) is 11.5 Å². The van der Waals surface area contributed by atoms with Crippen molar-refractivity contribution in [3.63, 3.8) is 0 Å². The van der Waals surface area contributed by atoms with Crippen molar-refractivity contribution in [2.24, 2.45) is 0 Å². The van der Waals surface area contributed by atoms with E-state index in [1.807, 2.05) is 12.1 Å². The van der Waals surface area contributed by atoms with Crippen molar-refractivity contribution in [3.8, 4) is 5.88 Å². The lowest BCUT2D eigenvalue weighted by Crippen LogP contribution is -2.38. The molecule has 0 aliphatic carbocycles. The van der Waals surface area contributed by atoms with Crippen molar-refractivity contribution in [1.29, 1.82) is 0 Å². The number of anilines is 1. The molecular weight excluding hydrogens is 512 g/mol. The Morgan fingerprint density at radius 2 is 1.61 bits per heavy atom. The summed E-state index contributed by atoms with van der Waals surface area (Å²) in [6, 6.07) is 19.4. The highest BCUT2D eigenvalue weighted by molar-refractivity contribution is 7.93. The van der Waals surface area contributed by atoms with E-state index in [2.05, 4.69) is 10.2 Å². The van der Waals surface area contributed by atoms with Crippen molar-refractivity contribution in [2.75, 3.05) is 10.9 Å². The van der Waals surface area contributed by atoms with Crippen LogP contribution in [-0.4, -0.2) is 31.1 Å². The Bertz CT molecular complexity index is 1470. The summed E-state index contributed by atoms with van der Waals surface area (Å²) in [6.07, 6.45) is 0.559. The fraction of sp³-hybridized carbons (Fsp3) is 0.0800. The second-order valence-electron chi connectivity index (χ2n) is 7.47. The van der Waals surface area contributed by atoms with E-state index in [9.17, 15) is 22.0 Å². The van der Waals surface area contributed by atoms with Gasteiger partial charge in [-0.15, -0.1) is 10.2 Å². The second-order valence-corrected chi connectivity index (χ2v) is 9.69. The van der Waals surface area contributed by atoms with Crippen molar-refractivity contribution < 1.29 is 26.7 Å². The third kappa shape index (κ3) is 5.67. The van der Waals surface area contributed by atoms with E-state index in [-0.39, 0.29) is 23.9 Å². The van der Waals surface area contributed by atoms with E-state index in [1.165, 1.54) is 24.3 Å². The van der Waals surface area contributed by atoms with Gasteiger partial charge in [-0.05, 0) is 54.1 Å². The van der Waals surface area contributed by atoms with Gasteiger partial charge in [0.15, 0.2) is 17.5 Å². The summed E-state index contributed by atoms with van der Waals surface area (Å²) in [5, 5.41) is 8.35. The minimum absolute atomic E-state index is 0.0359. The molecule has 0 N–H and O–H groups in total. The Labute approximate surface area is 211 Å². The monoisotopic (exact) mass is 529 g/mol. The fourth-order valence-corrected chi connectivity index (χ4v) is 4.70. The zero-order valence-electron chi connectivity index (χ0n) is 18.5. The minimum Gasteiger partial charge on any atom is -0.476 e. The first-order chi connectivity index (χ1) is 17.3. The molecule has 0 fully saturated rings. The molecule has 0 bridgehead atoms. The van der Waals surface area contributed by atoms with Crippen LogP contribution < -0.4 is 9.04 Å². The molecule has 7 nitrogen and oxygen atoms in total. The van der Waals surface area contributed by atoms with Gasteiger partial charge in [-0.2, -0.15) is 4.31 Å². The minimum atomic E-state index is -4.69. The summed E-state index contributed by atoms with van der Waals surface area (Å²) in [7, 11) is -4.69. The number of benzene rings is 3. The molecular formula is C25H18ClF2N3O4S. The summed E-state index contributed by atoms with van der Waals surface area (Å²) in [5.41, 5.74) is 1.02. The van der Waals surface area contributed by atoms with E-state index in [1.54, 1.807) is 30.3 Å². The maximum absolute atomic E-state index is 13.8. The number of sulfonamides is 1. The number of ether oxygens (including phenoxy) is 1. The maximum atomic E-state index is 13.8. The largest absolute Gasteiger partial charge is 0.476 e. The van der Waals surface area contributed by atoms with Gasteiger partial charge >= 0.3 is 0 Å². The Hall–Kier alpha value is -3.89. The highest BCUT2D eigenvalue weighted by Crippen LogP contribution is 2.26. The SMILES string of the molecule is O=C(c1ccccc1)N(c1ccc(OCCc2ccc(Cl)cc2)nn1)S(=O)(=O)c1ccc(F)c(F)c1. The first kappa shape index (κ1) is 25.2. The van der Waals surface area contributed by atoms with Gasteiger partial charge in [0.1, 0.15) is 0 Å². The molecule has 3 aromatic carbocycles. The van der Waals surface area contributed by atoms with Crippen LogP contribution in [0.15, 0.2) is 89.8 Å². The molecule has 11 heteroatoms. The normalized spacial score (nSPS) is 11.2. The standard InChI is InChI=1S/C25H18ClF2N3O4S/c26-19-8-6-17(7-9-19)14-15-35-24-13-12-23(29-30-24)31(25(32)18-4-2-1-3-5-18)36(33,34)20-10-11-21(27)22(28)16-20/h1-13,16H,14-15H2. The molecule has 4 aromatic rings. The molecule has 0 spiro atoms. The highest BCUT2D eigenvalue weighted by Gasteiger charge is 2.34. The third-order valence-corrected chi connectivity index (χ3v) is 6.96. The van der Waals surface area contributed by atoms with Crippen LogP contribution in [0.25, 0.3) is 0 Å². The maximum Gasteiger partial charge on any atom is 0.273 e. The number of hydrogen-bond donors (Lipinski definition) is 0. The molecule has 1 heterocycles. The number of hydrogen-bond acceptors (Lipinski definition) is 6. The summed E-state index contributed by atoms with van der Waals surface area (Å²) in [6.45, 7) is 0.259. The first-order valence-electron chi connectivity index (χ1n) is 10.6. The van der Waals surface area contributed by atoms with E-state index in [0.717, 1.165) is 11.6 Å². The smallest absolute Gasteiger partial charge is 0.273 e. The zero-order chi connectivity index (χ0) is 25.7. The van der Waals surface area contributed by atoms with Gasteiger partial charge in [0, 0.05) is 23.1 Å². The van der Waals surface area contributed by atoms with Crippen LogP contribution in [0.5, 0.6) is 5.88 Å². The Morgan fingerprint density at radius 1 is 0.889 bits per heavy atom. The van der Waals surface area contributed by atoms with Crippen LogP contribution >= 0.6 is 11.6 Å². The van der Waals surface area contributed by atoms with Crippen LogP contribution in [0.1, 0.15) is 15.9 Å². The lowest BCUT2D eigenvalue weighted by molar-refractivity contribution is 0.100. The van der Waals surface area contributed by atoms with Crippen LogP contribution in [0, 0.1) is 11.6 Å². The van der Waals surface area contributed by atoms with Gasteiger partial charge in [0.2, 0.25) is 5.88 Å². The van der Waals surface area contributed by atoms with Crippen molar-refractivity contribution in [1.82, 2.24) is 10.2 Å². The van der Waals surface area contributed by atoms with E-state index in [0.29, 0.717) is 27.9 Å². The number of halogens is 3. The molecule has 0 unspecified atom stereocenters. The third-order valence-electron chi connectivity index (χ3n) is 5.02. The van der Waals surface area contributed by atoms with E-state index < -0.39 is 32.5 Å². The van der Waals surface area contributed by atoms with E-state index in [4.69, 9.17) is 16.3 Å². The molecule has 0 aliphatic heterocycles. The van der Waals surface area contributed by atoms with Crippen LogP contribution in [0.2, 0.25) is 5.02 Å². The van der Waals surface area contributed by atoms with Crippen LogP contribution in [0.3, 0.4) is 0 Å². The fourth-order valence-electron chi connectivity index (χ4n) is 3.20. The number of amides is 1. The Kier molecular flexibility index (Phi) is 7.56. The second kappa shape index (κ2) is 10.8. The summed E-state index contributed by atoms with van der Waals surface area (Å²) in [4.78, 5) is 12.6. The molecule has 36 heavy (non-hydrogen) atoms. The lowest BCUT2D eigenvalue weighted by atomic mass is 10.2. The predicted molar refractivity (Wildman–Crippen MR) is 129 cm³/mol. The van der Waals surface area contributed by atoms with Gasteiger partial charge in [-0.1, -0.05) is 41.9 Å². The molecule has 1 amide bonds. The molecule has 0 aliphatic rings. The van der Waals surface area contributed by atoms with E-state index >= 15 is 0 Å². The zero-order valence-corrected chi connectivity index (χ0v) is 20.1. The molecule has 184 valence electrons. The van der Waals surface area contributed by atoms with Gasteiger partial charge in [-0.3, -0.25) is 4.79 Å². The summed E-state index contributed by atoms with van der Waals surface area (Å²) >= 11 is 5.87. The number of carbonyl (C=O) groups excluding carboxylic acids is 1. The molecule has 0 saturated heterocycles. The van der Waals surface area contributed by atoms with Crippen LogP contribution in [0.4, 0.5) is 14.6 Å². The van der Waals surface area contributed by atoms with Crippen molar-refractivity contribution >= 4 is 33.3 Å². The number of rotatable bonds is 8. The molecule has 4 rings (SSSR count). The highest BCUT2D eigenvalue weighted by atomic mass is 35.5. The average molecular weight is 530 g/mol. The molecule has 0 saturated carbocycles. The van der Waals surface area contributed by atoms with Gasteiger partial charge < -0.3 is 4.74 Å². The lowest BCUT2D eigenvalue weighted by Gasteiger charge is -2.21. The predicted octanol–water partition coefficient (Wildman–Crippen LogP) is 5.07. The van der Waals surface area contributed by atoms with Crippen LogP contribution in [-0.2, 0) is 16.4 Å². The van der Waals surface area contributed by atoms with Gasteiger partial charge in [-0.25, -0.2) is 17.2 Å². The molecule has 0 radical (unpaired) electrons.